The second kappa shape index (κ2) is 7.63. The number of hydrogen-bond acceptors (Lipinski definition) is 4. The molecule has 0 radical (unpaired) electrons. The molecule has 0 bridgehead atoms. The van der Waals surface area contributed by atoms with Crippen molar-refractivity contribution >= 4 is 39.4 Å². The molecular weight excluding hydrogens is 389 g/mol. The fraction of sp³-hybridized carbons (Fsp3) is 0.0909. The smallest absolute Gasteiger partial charge is 0.156 e. The van der Waals surface area contributed by atoms with Gasteiger partial charge in [-0.3, -0.25) is 0 Å². The van der Waals surface area contributed by atoms with E-state index in [-0.39, 0.29) is 5.82 Å². The van der Waals surface area contributed by atoms with Gasteiger partial charge in [-0.2, -0.15) is 5.26 Å². The van der Waals surface area contributed by atoms with E-state index >= 15 is 0 Å². The van der Waals surface area contributed by atoms with Crippen LogP contribution in [0.3, 0.4) is 0 Å². The summed E-state index contributed by atoms with van der Waals surface area (Å²) < 4.78 is 17.3. The minimum Gasteiger partial charge on any atom is -0.318 e. The lowest BCUT2D eigenvalue weighted by Gasteiger charge is -2.09. The van der Waals surface area contributed by atoms with Crippen molar-refractivity contribution in [2.45, 2.75) is 18.2 Å². The number of aromatic nitrogens is 2. The van der Waals surface area contributed by atoms with Gasteiger partial charge in [0.15, 0.2) is 4.34 Å². The van der Waals surface area contributed by atoms with Crippen molar-refractivity contribution in [1.29, 1.82) is 5.26 Å². The zero-order chi connectivity index (χ0) is 19.7. The molecule has 0 atom stereocenters. The van der Waals surface area contributed by atoms with Gasteiger partial charge < -0.3 is 4.57 Å². The minimum absolute atomic E-state index is 0.259. The standard InChI is InChI=1S/C22H16FN3S2/c1-14-11-16(15(2)26(14)18-9-7-17(23)8-10-18)12-19(13-24)27-22-25-20-5-3-4-6-21(20)28-22/h3-12H,1-2H3/b19-12+. The molecule has 2 aromatic carbocycles. The number of para-hydroxylation sites is 1. The van der Waals surface area contributed by atoms with Crippen molar-refractivity contribution in [2.75, 3.05) is 0 Å². The summed E-state index contributed by atoms with van der Waals surface area (Å²) >= 11 is 2.96. The highest BCUT2D eigenvalue weighted by atomic mass is 32.2. The van der Waals surface area contributed by atoms with Gasteiger partial charge >= 0.3 is 0 Å². The largest absolute Gasteiger partial charge is 0.318 e. The highest BCUT2D eigenvalue weighted by Gasteiger charge is 2.12. The molecule has 0 unspecified atom stereocenters. The summed E-state index contributed by atoms with van der Waals surface area (Å²) in [7, 11) is 0. The quantitative estimate of drug-likeness (QED) is 0.287. The SMILES string of the molecule is Cc1cc(/C=C(\C#N)Sc2nc3ccccc3s2)c(C)n1-c1ccc(F)cc1. The van der Waals surface area contributed by atoms with Gasteiger partial charge in [0.25, 0.3) is 0 Å². The van der Waals surface area contributed by atoms with Crippen LogP contribution in [0, 0.1) is 31.0 Å². The predicted octanol–water partition coefficient (Wildman–Crippen LogP) is 6.50. The summed E-state index contributed by atoms with van der Waals surface area (Å²) in [6.07, 6.45) is 1.89. The third-order valence-electron chi connectivity index (χ3n) is 4.42. The Labute approximate surface area is 170 Å². The molecule has 0 N–H and O–H groups in total. The molecule has 3 nitrogen and oxygen atoms in total. The third kappa shape index (κ3) is 3.59. The molecule has 0 spiro atoms. The summed E-state index contributed by atoms with van der Waals surface area (Å²) in [5.74, 6) is -0.259. The lowest BCUT2D eigenvalue weighted by molar-refractivity contribution is 0.627. The monoisotopic (exact) mass is 405 g/mol. The van der Waals surface area contributed by atoms with Crippen molar-refractivity contribution in [2.24, 2.45) is 0 Å². The summed E-state index contributed by atoms with van der Waals surface area (Å²) in [6.45, 7) is 4.00. The van der Waals surface area contributed by atoms with Crippen molar-refractivity contribution in [1.82, 2.24) is 9.55 Å². The number of thioether (sulfide) groups is 1. The number of nitriles is 1. The number of thiazole rings is 1. The molecule has 0 aliphatic carbocycles. The zero-order valence-electron chi connectivity index (χ0n) is 15.3. The van der Waals surface area contributed by atoms with E-state index < -0.39 is 0 Å². The average molecular weight is 406 g/mol. The average Bonchev–Trinajstić information content (AvgIpc) is 3.22. The van der Waals surface area contributed by atoms with Gasteiger partial charge in [-0.25, -0.2) is 9.37 Å². The Kier molecular flexibility index (Phi) is 5.03. The lowest BCUT2D eigenvalue weighted by atomic mass is 10.2. The van der Waals surface area contributed by atoms with Crippen LogP contribution >= 0.6 is 23.1 Å². The van der Waals surface area contributed by atoms with Crippen LogP contribution in [0.4, 0.5) is 4.39 Å². The maximum atomic E-state index is 13.2. The Hall–Kier alpha value is -2.88. The number of nitrogens with zero attached hydrogens (tertiary/aromatic N) is 3. The number of rotatable bonds is 4. The maximum Gasteiger partial charge on any atom is 0.156 e. The van der Waals surface area contributed by atoms with E-state index in [0.29, 0.717) is 4.91 Å². The van der Waals surface area contributed by atoms with Crippen LogP contribution in [0.2, 0.25) is 0 Å². The minimum atomic E-state index is -0.259. The fourth-order valence-electron chi connectivity index (χ4n) is 3.14. The number of allylic oxidation sites excluding steroid dienone is 1. The predicted molar refractivity (Wildman–Crippen MR) is 114 cm³/mol. The van der Waals surface area contributed by atoms with Crippen LogP contribution in [0.25, 0.3) is 22.0 Å². The molecule has 4 rings (SSSR count). The molecule has 0 aliphatic rings. The summed E-state index contributed by atoms with van der Waals surface area (Å²) in [6, 6.07) is 18.7. The van der Waals surface area contributed by atoms with Gasteiger partial charge in [0.1, 0.15) is 11.9 Å². The van der Waals surface area contributed by atoms with E-state index in [1.54, 1.807) is 23.5 Å². The van der Waals surface area contributed by atoms with Gasteiger partial charge in [0, 0.05) is 17.1 Å². The molecule has 6 heteroatoms. The molecule has 138 valence electrons. The van der Waals surface area contributed by atoms with Crippen molar-refractivity contribution < 1.29 is 4.39 Å². The Balaban J connectivity index is 1.67. The van der Waals surface area contributed by atoms with Crippen molar-refractivity contribution in [3.05, 3.63) is 82.3 Å². The lowest BCUT2D eigenvalue weighted by Crippen LogP contribution is -1.99. The molecule has 2 heterocycles. The van der Waals surface area contributed by atoms with Gasteiger partial charge in [-0.1, -0.05) is 12.1 Å². The Morgan fingerprint density at radius 3 is 2.64 bits per heavy atom. The van der Waals surface area contributed by atoms with Crippen LogP contribution < -0.4 is 0 Å². The van der Waals surface area contributed by atoms with Crippen molar-refractivity contribution in [3.63, 3.8) is 0 Å². The van der Waals surface area contributed by atoms with E-state index in [1.807, 2.05) is 50.3 Å². The Morgan fingerprint density at radius 1 is 1.18 bits per heavy atom. The fourth-order valence-corrected chi connectivity index (χ4v) is 5.10. The van der Waals surface area contributed by atoms with Crippen LogP contribution in [0.15, 0.2) is 63.8 Å². The third-order valence-corrected chi connectivity index (χ3v) is 6.45. The Morgan fingerprint density at radius 2 is 1.93 bits per heavy atom. The molecule has 28 heavy (non-hydrogen) atoms. The van der Waals surface area contributed by atoms with Crippen molar-refractivity contribution in [3.8, 4) is 11.8 Å². The van der Waals surface area contributed by atoms with E-state index in [4.69, 9.17) is 0 Å². The molecule has 2 aromatic heterocycles. The normalized spacial score (nSPS) is 11.7. The van der Waals surface area contributed by atoms with E-state index in [9.17, 15) is 9.65 Å². The topological polar surface area (TPSA) is 41.6 Å². The molecule has 0 amide bonds. The number of benzene rings is 2. The number of aryl methyl sites for hydroxylation is 1. The summed E-state index contributed by atoms with van der Waals surface area (Å²) in [5.41, 5.74) is 4.83. The molecule has 0 saturated heterocycles. The van der Waals surface area contributed by atoms with Crippen LogP contribution in [-0.2, 0) is 0 Å². The van der Waals surface area contributed by atoms with Crippen LogP contribution in [0.1, 0.15) is 17.0 Å². The second-order valence-corrected chi connectivity index (χ2v) is 8.63. The first-order valence-electron chi connectivity index (χ1n) is 8.65. The van der Waals surface area contributed by atoms with Gasteiger partial charge in [0.05, 0.1) is 15.1 Å². The first-order valence-corrected chi connectivity index (χ1v) is 10.3. The van der Waals surface area contributed by atoms with Gasteiger partial charge in [-0.05, 0) is 79.7 Å². The molecule has 0 fully saturated rings. The number of hydrogen-bond donors (Lipinski definition) is 0. The number of fused-ring (bicyclic) bond motifs is 1. The highest BCUT2D eigenvalue weighted by molar-refractivity contribution is 8.05. The molecule has 0 saturated carbocycles. The van der Waals surface area contributed by atoms with Gasteiger partial charge in [-0.15, -0.1) is 11.3 Å². The first kappa shape index (κ1) is 18.5. The zero-order valence-corrected chi connectivity index (χ0v) is 16.9. The molecule has 4 aromatic rings. The van der Waals surface area contributed by atoms with Gasteiger partial charge in [0.2, 0.25) is 0 Å². The Bertz CT molecular complexity index is 1190. The van der Waals surface area contributed by atoms with E-state index in [2.05, 4.69) is 15.6 Å². The van der Waals surface area contributed by atoms with Crippen LogP contribution in [-0.4, -0.2) is 9.55 Å². The number of halogens is 1. The molecular formula is C22H16FN3S2. The molecule has 0 aliphatic heterocycles. The summed E-state index contributed by atoms with van der Waals surface area (Å²) in [5, 5.41) is 9.63. The van der Waals surface area contributed by atoms with Crippen LogP contribution in [0.5, 0.6) is 0 Å². The van der Waals surface area contributed by atoms with E-state index in [1.165, 1.54) is 23.9 Å². The van der Waals surface area contributed by atoms with E-state index in [0.717, 1.165) is 37.2 Å². The second-order valence-electron chi connectivity index (χ2n) is 6.31. The first-order chi connectivity index (χ1) is 13.5. The highest BCUT2D eigenvalue weighted by Crippen LogP contribution is 2.35. The maximum absolute atomic E-state index is 13.2. The summed E-state index contributed by atoms with van der Waals surface area (Å²) in [4.78, 5) is 5.17.